The second-order valence-electron chi connectivity index (χ2n) is 5.14. The van der Waals surface area contributed by atoms with Gasteiger partial charge in [-0.05, 0) is 25.5 Å². The summed E-state index contributed by atoms with van der Waals surface area (Å²) in [6, 6.07) is 1.86. The molecule has 7 heteroatoms. The van der Waals surface area contributed by atoms with Gasteiger partial charge in [0.2, 0.25) is 5.89 Å². The summed E-state index contributed by atoms with van der Waals surface area (Å²) < 4.78 is 11.1. The maximum atomic E-state index is 6.21. The van der Waals surface area contributed by atoms with E-state index in [2.05, 4.69) is 20.0 Å². The first kappa shape index (κ1) is 14.4. The van der Waals surface area contributed by atoms with E-state index in [0.29, 0.717) is 29.9 Å². The van der Waals surface area contributed by atoms with Gasteiger partial charge in [-0.1, -0.05) is 16.8 Å². The van der Waals surface area contributed by atoms with Crippen molar-refractivity contribution in [3.63, 3.8) is 0 Å². The van der Waals surface area contributed by atoms with Crippen LogP contribution in [0.15, 0.2) is 23.0 Å². The van der Waals surface area contributed by atoms with E-state index in [1.807, 2.05) is 19.9 Å². The van der Waals surface area contributed by atoms with Crippen LogP contribution in [0.4, 0.5) is 0 Å². The summed E-state index contributed by atoms with van der Waals surface area (Å²) in [6.07, 6.45) is 3.39. The molecule has 0 spiro atoms. The molecule has 1 saturated heterocycles. The molecule has 1 fully saturated rings. The first-order valence-electron chi connectivity index (χ1n) is 6.89. The Morgan fingerprint density at radius 3 is 3.05 bits per heavy atom. The highest BCUT2D eigenvalue weighted by Crippen LogP contribution is 2.30. The number of hydrogen-bond acceptors (Lipinski definition) is 6. The van der Waals surface area contributed by atoms with Crippen molar-refractivity contribution in [1.82, 2.24) is 20.0 Å². The standard InChI is InChI=1S/C14H17ClN4O2/c1-9-13(14-17-10(2)18-21-14)19(5-6-20-9)8-11-3-4-16-7-12(11)15/h3-4,7,9,13H,5-6,8H2,1-2H3/t9-,13+/m1/s1. The quantitative estimate of drug-likeness (QED) is 0.867. The first-order chi connectivity index (χ1) is 10.1. The Kier molecular flexibility index (Phi) is 4.19. The third-order valence-corrected chi connectivity index (χ3v) is 3.96. The number of ether oxygens (including phenoxy) is 1. The number of aryl methyl sites for hydroxylation is 1. The molecule has 0 unspecified atom stereocenters. The van der Waals surface area contributed by atoms with Crippen LogP contribution in [0.1, 0.15) is 30.2 Å². The number of nitrogens with zero attached hydrogens (tertiary/aromatic N) is 4. The molecule has 0 aliphatic carbocycles. The van der Waals surface area contributed by atoms with E-state index in [9.17, 15) is 0 Å². The van der Waals surface area contributed by atoms with Gasteiger partial charge in [-0.15, -0.1) is 0 Å². The average molecular weight is 309 g/mol. The summed E-state index contributed by atoms with van der Waals surface area (Å²) in [6.45, 7) is 5.99. The summed E-state index contributed by atoms with van der Waals surface area (Å²) >= 11 is 6.21. The van der Waals surface area contributed by atoms with Gasteiger partial charge in [0, 0.05) is 25.5 Å². The smallest absolute Gasteiger partial charge is 0.246 e. The maximum Gasteiger partial charge on any atom is 0.246 e. The molecular weight excluding hydrogens is 292 g/mol. The molecule has 2 aromatic rings. The summed E-state index contributed by atoms with van der Waals surface area (Å²) in [4.78, 5) is 10.6. The third kappa shape index (κ3) is 3.07. The Labute approximate surface area is 128 Å². The van der Waals surface area contributed by atoms with Crippen LogP contribution >= 0.6 is 11.6 Å². The molecule has 0 bridgehead atoms. The lowest BCUT2D eigenvalue weighted by Crippen LogP contribution is -2.43. The largest absolute Gasteiger partial charge is 0.375 e. The zero-order valence-corrected chi connectivity index (χ0v) is 12.7. The second-order valence-corrected chi connectivity index (χ2v) is 5.55. The third-order valence-electron chi connectivity index (χ3n) is 3.62. The summed E-state index contributed by atoms with van der Waals surface area (Å²) in [5.41, 5.74) is 1.03. The molecule has 0 amide bonds. The predicted molar refractivity (Wildman–Crippen MR) is 76.8 cm³/mol. The molecule has 21 heavy (non-hydrogen) atoms. The highest BCUT2D eigenvalue weighted by Gasteiger charge is 2.35. The van der Waals surface area contributed by atoms with Gasteiger partial charge in [-0.3, -0.25) is 9.88 Å². The van der Waals surface area contributed by atoms with Crippen LogP contribution in [-0.2, 0) is 11.3 Å². The summed E-state index contributed by atoms with van der Waals surface area (Å²) in [5, 5.41) is 4.54. The molecule has 3 heterocycles. The Bertz CT molecular complexity index is 619. The highest BCUT2D eigenvalue weighted by molar-refractivity contribution is 6.31. The summed E-state index contributed by atoms with van der Waals surface area (Å²) in [7, 11) is 0. The number of pyridine rings is 1. The van der Waals surface area contributed by atoms with Crippen LogP contribution in [0.5, 0.6) is 0 Å². The van der Waals surface area contributed by atoms with Gasteiger partial charge in [0.1, 0.15) is 6.04 Å². The van der Waals surface area contributed by atoms with Crippen molar-refractivity contribution >= 4 is 11.6 Å². The van der Waals surface area contributed by atoms with Crippen LogP contribution in [0.3, 0.4) is 0 Å². The molecule has 112 valence electrons. The van der Waals surface area contributed by atoms with Crippen LogP contribution in [-0.4, -0.2) is 39.3 Å². The zero-order chi connectivity index (χ0) is 14.8. The Morgan fingerprint density at radius 1 is 1.48 bits per heavy atom. The van der Waals surface area contributed by atoms with E-state index in [1.54, 1.807) is 12.4 Å². The topological polar surface area (TPSA) is 64.3 Å². The second kappa shape index (κ2) is 6.09. The van der Waals surface area contributed by atoms with Crippen LogP contribution < -0.4 is 0 Å². The van der Waals surface area contributed by atoms with Crippen LogP contribution in [0.2, 0.25) is 5.02 Å². The predicted octanol–water partition coefficient (Wildman–Crippen LogP) is 2.39. The van der Waals surface area contributed by atoms with E-state index >= 15 is 0 Å². The van der Waals surface area contributed by atoms with Gasteiger partial charge in [0.15, 0.2) is 5.82 Å². The highest BCUT2D eigenvalue weighted by atomic mass is 35.5. The van der Waals surface area contributed by atoms with Gasteiger partial charge in [0.05, 0.1) is 17.7 Å². The van der Waals surface area contributed by atoms with Gasteiger partial charge >= 0.3 is 0 Å². The molecular formula is C14H17ClN4O2. The Balaban J connectivity index is 1.86. The minimum atomic E-state index is -0.0656. The van der Waals surface area contributed by atoms with E-state index in [1.165, 1.54) is 0 Å². The van der Waals surface area contributed by atoms with E-state index < -0.39 is 0 Å². The lowest BCUT2D eigenvalue weighted by molar-refractivity contribution is -0.0763. The molecule has 1 aliphatic rings. The van der Waals surface area contributed by atoms with Crippen molar-refractivity contribution < 1.29 is 9.26 Å². The van der Waals surface area contributed by atoms with E-state index in [4.69, 9.17) is 20.9 Å². The molecule has 3 rings (SSSR count). The fraction of sp³-hybridized carbons (Fsp3) is 0.500. The first-order valence-corrected chi connectivity index (χ1v) is 7.27. The monoisotopic (exact) mass is 308 g/mol. The molecule has 2 aromatic heterocycles. The molecule has 6 nitrogen and oxygen atoms in total. The Morgan fingerprint density at radius 2 is 2.33 bits per heavy atom. The number of aromatic nitrogens is 3. The van der Waals surface area contributed by atoms with Crippen molar-refractivity contribution in [3.8, 4) is 0 Å². The molecule has 0 radical (unpaired) electrons. The molecule has 2 atom stereocenters. The molecule has 1 aliphatic heterocycles. The number of hydrogen-bond donors (Lipinski definition) is 0. The van der Waals surface area contributed by atoms with Gasteiger partial charge < -0.3 is 9.26 Å². The minimum absolute atomic E-state index is 0.0146. The van der Waals surface area contributed by atoms with Crippen molar-refractivity contribution in [2.75, 3.05) is 13.2 Å². The number of halogens is 1. The molecule has 0 N–H and O–H groups in total. The Hall–Kier alpha value is -1.50. The fourth-order valence-electron chi connectivity index (χ4n) is 2.60. The number of rotatable bonds is 3. The minimum Gasteiger partial charge on any atom is -0.375 e. The van der Waals surface area contributed by atoms with Crippen molar-refractivity contribution in [3.05, 3.63) is 40.8 Å². The van der Waals surface area contributed by atoms with Gasteiger partial charge in [0.25, 0.3) is 0 Å². The van der Waals surface area contributed by atoms with Gasteiger partial charge in [-0.2, -0.15) is 4.98 Å². The zero-order valence-electron chi connectivity index (χ0n) is 12.0. The SMILES string of the molecule is Cc1noc([C@@H]2[C@@H](C)OCCN2Cc2ccncc2Cl)n1. The molecule has 0 aromatic carbocycles. The molecule has 0 saturated carbocycles. The lowest BCUT2D eigenvalue weighted by atomic mass is 10.1. The van der Waals surface area contributed by atoms with E-state index in [-0.39, 0.29) is 12.1 Å². The normalized spacial score (nSPS) is 23.4. The average Bonchev–Trinajstić information content (AvgIpc) is 2.88. The van der Waals surface area contributed by atoms with Crippen molar-refractivity contribution in [2.24, 2.45) is 0 Å². The van der Waals surface area contributed by atoms with Crippen molar-refractivity contribution in [2.45, 2.75) is 32.5 Å². The van der Waals surface area contributed by atoms with E-state index in [0.717, 1.165) is 12.1 Å². The maximum absolute atomic E-state index is 6.21. The van der Waals surface area contributed by atoms with Gasteiger partial charge in [-0.25, -0.2) is 0 Å². The van der Waals surface area contributed by atoms with Crippen molar-refractivity contribution in [1.29, 1.82) is 0 Å². The summed E-state index contributed by atoms with van der Waals surface area (Å²) in [5.74, 6) is 1.22. The van der Waals surface area contributed by atoms with Crippen LogP contribution in [0, 0.1) is 6.92 Å². The van der Waals surface area contributed by atoms with Crippen LogP contribution in [0.25, 0.3) is 0 Å². The lowest BCUT2D eigenvalue weighted by Gasteiger charge is -2.37. The fourth-order valence-corrected chi connectivity index (χ4v) is 2.78. The number of morpholine rings is 1.